The molecule has 0 bridgehead atoms. The van der Waals surface area contributed by atoms with Crippen molar-refractivity contribution in [3.05, 3.63) is 0 Å². The molecule has 1 unspecified atom stereocenters. The van der Waals surface area contributed by atoms with E-state index >= 15 is 0 Å². The van der Waals surface area contributed by atoms with Crippen LogP contribution in [0, 0.1) is 17.2 Å². The van der Waals surface area contributed by atoms with Gasteiger partial charge in [-0.25, -0.2) is 0 Å². The van der Waals surface area contributed by atoms with Crippen molar-refractivity contribution in [3.8, 4) is 6.07 Å². The molecule has 0 radical (unpaired) electrons. The van der Waals surface area contributed by atoms with E-state index in [1.165, 1.54) is 12.8 Å². The predicted molar refractivity (Wildman–Crippen MR) is 40.9 cm³/mol. The predicted octanol–water partition coefficient (Wildman–Crippen LogP) is 1.77. The molecule has 2 heteroatoms. The number of rotatable bonds is 2. The van der Waals surface area contributed by atoms with Gasteiger partial charge in [-0.15, -0.1) is 0 Å². The maximum Gasteiger partial charge on any atom is 0.138 e. The Morgan fingerprint density at radius 3 is 2.50 bits per heavy atom. The molecule has 0 amide bonds. The summed E-state index contributed by atoms with van der Waals surface area (Å²) in [6.07, 6.45) is 4.85. The van der Waals surface area contributed by atoms with Gasteiger partial charge in [0.2, 0.25) is 0 Å². The standard InChI is InChI=1S/C8H12N2/c1-10-8(6-9)7-4-2-3-5-7/h7-8H,1-5H2. The van der Waals surface area contributed by atoms with Gasteiger partial charge < -0.3 is 0 Å². The second kappa shape index (κ2) is 3.36. The molecule has 0 spiro atoms. The van der Waals surface area contributed by atoms with Crippen molar-refractivity contribution in [1.29, 1.82) is 5.26 Å². The second-order valence-electron chi connectivity index (χ2n) is 2.80. The van der Waals surface area contributed by atoms with Gasteiger partial charge in [0.1, 0.15) is 6.04 Å². The smallest absolute Gasteiger partial charge is 0.138 e. The van der Waals surface area contributed by atoms with E-state index in [2.05, 4.69) is 17.8 Å². The molecule has 0 N–H and O–H groups in total. The molecule has 1 rings (SSSR count). The summed E-state index contributed by atoms with van der Waals surface area (Å²) in [7, 11) is 0. The van der Waals surface area contributed by atoms with Crippen LogP contribution in [-0.4, -0.2) is 12.8 Å². The molecule has 2 nitrogen and oxygen atoms in total. The average molecular weight is 136 g/mol. The molecule has 1 fully saturated rings. The Balaban J connectivity index is 2.46. The van der Waals surface area contributed by atoms with E-state index < -0.39 is 0 Å². The normalized spacial score (nSPS) is 21.9. The van der Waals surface area contributed by atoms with Crippen molar-refractivity contribution in [2.45, 2.75) is 31.7 Å². The molecule has 0 aromatic heterocycles. The van der Waals surface area contributed by atoms with Gasteiger partial charge in [-0.2, -0.15) is 5.26 Å². The van der Waals surface area contributed by atoms with Crippen LogP contribution in [0.2, 0.25) is 0 Å². The quantitative estimate of drug-likeness (QED) is 0.533. The highest BCUT2D eigenvalue weighted by Crippen LogP contribution is 2.28. The van der Waals surface area contributed by atoms with Gasteiger partial charge in [0.25, 0.3) is 0 Å². The first-order chi connectivity index (χ1) is 4.88. The Morgan fingerprint density at radius 1 is 1.50 bits per heavy atom. The Hall–Kier alpha value is -0.840. The summed E-state index contributed by atoms with van der Waals surface area (Å²) >= 11 is 0. The van der Waals surface area contributed by atoms with Crippen molar-refractivity contribution in [2.24, 2.45) is 10.9 Å². The summed E-state index contributed by atoms with van der Waals surface area (Å²) < 4.78 is 0. The molecule has 1 aliphatic carbocycles. The van der Waals surface area contributed by atoms with Crippen LogP contribution in [0.25, 0.3) is 0 Å². The van der Waals surface area contributed by atoms with Crippen molar-refractivity contribution < 1.29 is 0 Å². The van der Waals surface area contributed by atoms with Crippen LogP contribution in [0.1, 0.15) is 25.7 Å². The summed E-state index contributed by atoms with van der Waals surface area (Å²) in [4.78, 5) is 3.78. The first-order valence-corrected chi connectivity index (χ1v) is 3.74. The van der Waals surface area contributed by atoms with Gasteiger partial charge in [-0.1, -0.05) is 12.8 Å². The zero-order chi connectivity index (χ0) is 7.40. The van der Waals surface area contributed by atoms with E-state index in [1.807, 2.05) is 0 Å². The largest absolute Gasteiger partial charge is 0.282 e. The van der Waals surface area contributed by atoms with Crippen molar-refractivity contribution in [1.82, 2.24) is 0 Å². The van der Waals surface area contributed by atoms with E-state index in [0.29, 0.717) is 5.92 Å². The van der Waals surface area contributed by atoms with E-state index in [1.54, 1.807) is 0 Å². The van der Waals surface area contributed by atoms with Gasteiger partial charge in [0, 0.05) is 0 Å². The first kappa shape index (κ1) is 7.27. The highest BCUT2D eigenvalue weighted by Gasteiger charge is 2.22. The third kappa shape index (κ3) is 1.36. The average Bonchev–Trinajstić information content (AvgIpc) is 2.43. The van der Waals surface area contributed by atoms with Crippen LogP contribution in [0.4, 0.5) is 0 Å². The third-order valence-electron chi connectivity index (χ3n) is 2.18. The maximum atomic E-state index is 8.60. The Labute approximate surface area is 61.6 Å². The summed E-state index contributed by atoms with van der Waals surface area (Å²) in [5, 5.41) is 8.60. The molecule has 1 saturated carbocycles. The second-order valence-corrected chi connectivity index (χ2v) is 2.80. The fourth-order valence-corrected chi connectivity index (χ4v) is 1.57. The molecule has 54 valence electrons. The fourth-order valence-electron chi connectivity index (χ4n) is 1.57. The lowest BCUT2D eigenvalue weighted by Gasteiger charge is -2.09. The summed E-state index contributed by atoms with van der Waals surface area (Å²) in [5.41, 5.74) is 0. The van der Waals surface area contributed by atoms with Crippen LogP contribution in [0.3, 0.4) is 0 Å². The Bertz CT molecular complexity index is 151. The van der Waals surface area contributed by atoms with Crippen molar-refractivity contribution in [2.75, 3.05) is 0 Å². The van der Waals surface area contributed by atoms with E-state index in [9.17, 15) is 0 Å². The molecule has 0 heterocycles. The molecule has 0 aromatic carbocycles. The molecule has 10 heavy (non-hydrogen) atoms. The lowest BCUT2D eigenvalue weighted by Crippen LogP contribution is -2.12. The zero-order valence-electron chi connectivity index (χ0n) is 6.08. The summed E-state index contributed by atoms with van der Waals surface area (Å²) in [6, 6.07) is 2.03. The first-order valence-electron chi connectivity index (χ1n) is 3.74. The number of hydrogen-bond donors (Lipinski definition) is 0. The van der Waals surface area contributed by atoms with Gasteiger partial charge >= 0.3 is 0 Å². The molecular weight excluding hydrogens is 124 g/mol. The molecule has 1 aliphatic rings. The highest BCUT2D eigenvalue weighted by atomic mass is 14.8. The number of aliphatic imine (C=N–C) groups is 1. The van der Waals surface area contributed by atoms with Crippen molar-refractivity contribution >= 4 is 6.72 Å². The summed E-state index contributed by atoms with van der Waals surface area (Å²) in [5.74, 6) is 0.502. The monoisotopic (exact) mass is 136 g/mol. The van der Waals surface area contributed by atoms with Crippen LogP contribution >= 0.6 is 0 Å². The Morgan fingerprint density at radius 2 is 2.10 bits per heavy atom. The van der Waals surface area contributed by atoms with Gasteiger partial charge in [0.15, 0.2) is 0 Å². The molecule has 0 aliphatic heterocycles. The minimum absolute atomic E-state index is 0.137. The van der Waals surface area contributed by atoms with Gasteiger partial charge in [0.05, 0.1) is 6.07 Å². The number of nitriles is 1. The summed E-state index contributed by atoms with van der Waals surface area (Å²) in [6.45, 7) is 3.40. The van der Waals surface area contributed by atoms with Gasteiger partial charge in [-0.3, -0.25) is 4.99 Å². The van der Waals surface area contributed by atoms with Crippen LogP contribution in [-0.2, 0) is 0 Å². The minimum Gasteiger partial charge on any atom is -0.282 e. The van der Waals surface area contributed by atoms with Crippen LogP contribution in [0.5, 0.6) is 0 Å². The van der Waals surface area contributed by atoms with E-state index in [4.69, 9.17) is 5.26 Å². The highest BCUT2D eigenvalue weighted by molar-refractivity contribution is 5.26. The lowest BCUT2D eigenvalue weighted by molar-refractivity contribution is 0.501. The number of hydrogen-bond acceptors (Lipinski definition) is 2. The third-order valence-corrected chi connectivity index (χ3v) is 2.18. The van der Waals surface area contributed by atoms with E-state index in [-0.39, 0.29) is 6.04 Å². The lowest BCUT2D eigenvalue weighted by atomic mass is 10.0. The molecule has 0 aromatic rings. The van der Waals surface area contributed by atoms with Gasteiger partial charge in [-0.05, 0) is 25.5 Å². The Kier molecular flexibility index (Phi) is 2.44. The SMILES string of the molecule is C=NC(C#N)C1CCCC1. The maximum absolute atomic E-state index is 8.60. The van der Waals surface area contributed by atoms with Crippen molar-refractivity contribution in [3.63, 3.8) is 0 Å². The topological polar surface area (TPSA) is 36.1 Å². The molecular formula is C8H12N2. The fraction of sp³-hybridized carbons (Fsp3) is 0.750. The number of nitrogens with zero attached hydrogens (tertiary/aromatic N) is 2. The van der Waals surface area contributed by atoms with Crippen LogP contribution < -0.4 is 0 Å². The zero-order valence-corrected chi connectivity index (χ0v) is 6.08. The molecule has 1 atom stereocenters. The van der Waals surface area contributed by atoms with E-state index in [0.717, 1.165) is 12.8 Å². The minimum atomic E-state index is -0.137. The van der Waals surface area contributed by atoms with Crippen LogP contribution in [0.15, 0.2) is 4.99 Å². The molecule has 0 saturated heterocycles.